The van der Waals surface area contributed by atoms with E-state index >= 15 is 0 Å². The molecule has 1 rings (SSSR count). The van der Waals surface area contributed by atoms with E-state index in [-0.39, 0.29) is 25.0 Å². The third-order valence-electron chi connectivity index (χ3n) is 2.38. The zero-order chi connectivity index (χ0) is 14.3. The Morgan fingerprint density at radius 3 is 2.21 bits per heavy atom. The van der Waals surface area contributed by atoms with Crippen molar-refractivity contribution in [2.24, 2.45) is 0 Å². The highest BCUT2D eigenvalue weighted by Gasteiger charge is 2.12. The summed E-state index contributed by atoms with van der Waals surface area (Å²) in [4.78, 5) is 0. The van der Waals surface area contributed by atoms with Crippen LogP contribution >= 0.6 is 23.2 Å². The number of aliphatic hydroxyl groups excluding tert-OH is 2. The van der Waals surface area contributed by atoms with Crippen LogP contribution in [0.2, 0.25) is 0 Å². The lowest BCUT2D eigenvalue weighted by molar-refractivity contribution is 0.109. The van der Waals surface area contributed by atoms with Gasteiger partial charge in [-0.1, -0.05) is 12.1 Å². The summed E-state index contributed by atoms with van der Waals surface area (Å²) in [5.41, 5.74) is 0.875. The number of hydrogen-bond acceptors (Lipinski definition) is 4. The number of rotatable bonds is 8. The predicted molar refractivity (Wildman–Crippen MR) is 75.6 cm³/mol. The van der Waals surface area contributed by atoms with Gasteiger partial charge < -0.3 is 19.7 Å². The molecule has 0 aliphatic rings. The second-order valence-electron chi connectivity index (χ2n) is 4.14. The largest absolute Gasteiger partial charge is 0.487 e. The Morgan fingerprint density at radius 1 is 1.05 bits per heavy atom. The average Bonchev–Trinajstić information content (AvgIpc) is 2.43. The first-order chi connectivity index (χ1) is 9.08. The molecule has 6 heteroatoms. The van der Waals surface area contributed by atoms with Crippen molar-refractivity contribution in [2.75, 3.05) is 25.0 Å². The Balaban J connectivity index is 2.71. The molecule has 4 nitrogen and oxygen atoms in total. The first-order valence-electron chi connectivity index (χ1n) is 5.91. The number of aryl methyl sites for hydroxylation is 1. The zero-order valence-electron chi connectivity index (χ0n) is 10.7. The van der Waals surface area contributed by atoms with Crippen molar-refractivity contribution in [1.29, 1.82) is 0 Å². The van der Waals surface area contributed by atoms with Crippen molar-refractivity contribution in [1.82, 2.24) is 0 Å². The lowest BCUT2D eigenvalue weighted by Crippen LogP contribution is -2.21. The second-order valence-corrected chi connectivity index (χ2v) is 4.76. The summed E-state index contributed by atoms with van der Waals surface area (Å²) < 4.78 is 11.0. The molecule has 19 heavy (non-hydrogen) atoms. The van der Waals surface area contributed by atoms with Gasteiger partial charge in [-0.25, -0.2) is 0 Å². The summed E-state index contributed by atoms with van der Waals surface area (Å²) in [6, 6.07) is 5.42. The van der Waals surface area contributed by atoms with Gasteiger partial charge in [-0.2, -0.15) is 0 Å². The molecule has 108 valence electrons. The summed E-state index contributed by atoms with van der Waals surface area (Å²) in [5, 5.41) is 18.8. The molecule has 0 radical (unpaired) electrons. The molecule has 0 amide bonds. The average molecular weight is 309 g/mol. The molecule has 2 atom stereocenters. The van der Waals surface area contributed by atoms with Crippen LogP contribution < -0.4 is 9.47 Å². The van der Waals surface area contributed by atoms with Crippen molar-refractivity contribution in [3.05, 3.63) is 23.8 Å². The molecule has 0 aliphatic heterocycles. The minimum atomic E-state index is -0.734. The van der Waals surface area contributed by atoms with Gasteiger partial charge in [0.1, 0.15) is 25.4 Å². The summed E-state index contributed by atoms with van der Waals surface area (Å²) in [5.74, 6) is 1.25. The molecular formula is C13H18Cl2O4. The fraction of sp³-hybridized carbons (Fsp3) is 0.538. The van der Waals surface area contributed by atoms with Crippen LogP contribution in [0.1, 0.15) is 5.56 Å². The fourth-order valence-corrected chi connectivity index (χ4v) is 1.56. The fourth-order valence-electron chi connectivity index (χ4n) is 1.38. The van der Waals surface area contributed by atoms with Gasteiger partial charge in [0.05, 0.1) is 11.8 Å². The lowest BCUT2D eigenvalue weighted by atomic mass is 10.2. The summed E-state index contributed by atoms with van der Waals surface area (Å²) in [7, 11) is 0. The van der Waals surface area contributed by atoms with Crippen LogP contribution in [-0.4, -0.2) is 47.4 Å². The van der Waals surface area contributed by atoms with E-state index in [0.29, 0.717) is 11.5 Å². The van der Waals surface area contributed by atoms with Gasteiger partial charge in [0.25, 0.3) is 0 Å². The van der Waals surface area contributed by atoms with Gasteiger partial charge in [-0.15, -0.1) is 23.2 Å². The van der Waals surface area contributed by atoms with E-state index < -0.39 is 12.2 Å². The van der Waals surface area contributed by atoms with Gasteiger partial charge in [0.2, 0.25) is 0 Å². The summed E-state index contributed by atoms with van der Waals surface area (Å²) in [6.07, 6.45) is -1.47. The van der Waals surface area contributed by atoms with E-state index in [2.05, 4.69) is 0 Å². The van der Waals surface area contributed by atoms with Gasteiger partial charge in [0, 0.05) is 0 Å². The molecule has 0 saturated heterocycles. The lowest BCUT2D eigenvalue weighted by Gasteiger charge is -2.17. The Hall–Kier alpha value is -0.680. The van der Waals surface area contributed by atoms with Crippen molar-refractivity contribution >= 4 is 23.2 Å². The van der Waals surface area contributed by atoms with Gasteiger partial charge in [0.15, 0.2) is 11.5 Å². The Bertz CT molecular complexity index is 387. The van der Waals surface area contributed by atoms with E-state index in [0.717, 1.165) is 5.56 Å². The van der Waals surface area contributed by atoms with E-state index in [1.807, 2.05) is 19.1 Å². The second kappa shape index (κ2) is 8.48. The van der Waals surface area contributed by atoms with Crippen molar-refractivity contribution in [2.45, 2.75) is 19.1 Å². The first kappa shape index (κ1) is 16.4. The van der Waals surface area contributed by atoms with E-state index in [1.165, 1.54) is 0 Å². The van der Waals surface area contributed by atoms with Crippen molar-refractivity contribution in [3.8, 4) is 11.5 Å². The number of hydrogen-bond donors (Lipinski definition) is 2. The highest BCUT2D eigenvalue weighted by molar-refractivity contribution is 6.18. The number of halogens is 2. The third kappa shape index (κ3) is 5.45. The summed E-state index contributed by atoms with van der Waals surface area (Å²) in [6.45, 7) is 2.04. The topological polar surface area (TPSA) is 58.9 Å². The first-order valence-corrected chi connectivity index (χ1v) is 6.98. The maximum Gasteiger partial charge on any atom is 0.164 e. The molecule has 0 bridgehead atoms. The molecule has 0 aliphatic carbocycles. The smallest absolute Gasteiger partial charge is 0.164 e. The van der Waals surface area contributed by atoms with Crippen LogP contribution in [0.15, 0.2) is 18.2 Å². The Morgan fingerprint density at radius 2 is 1.63 bits per heavy atom. The van der Waals surface area contributed by atoms with Crippen LogP contribution in [0.4, 0.5) is 0 Å². The van der Waals surface area contributed by atoms with Crippen LogP contribution in [0.25, 0.3) is 0 Å². The van der Waals surface area contributed by atoms with Gasteiger partial charge in [-0.3, -0.25) is 0 Å². The highest BCUT2D eigenvalue weighted by Crippen LogP contribution is 2.31. The van der Waals surface area contributed by atoms with E-state index in [1.54, 1.807) is 6.07 Å². The molecule has 0 aromatic heterocycles. The maximum absolute atomic E-state index is 9.40. The molecule has 1 aromatic carbocycles. The van der Waals surface area contributed by atoms with Crippen molar-refractivity contribution < 1.29 is 19.7 Å². The SMILES string of the molecule is Cc1cccc(OC[C@@H](O)CCl)c1OC[C@H](O)CCl. The highest BCUT2D eigenvalue weighted by atomic mass is 35.5. The molecule has 0 saturated carbocycles. The minimum absolute atomic E-state index is 0.0847. The van der Waals surface area contributed by atoms with Gasteiger partial charge in [-0.05, 0) is 18.6 Å². The van der Waals surface area contributed by atoms with E-state index in [4.69, 9.17) is 32.7 Å². The molecular weight excluding hydrogens is 291 g/mol. The van der Waals surface area contributed by atoms with Crippen LogP contribution in [0, 0.1) is 6.92 Å². The number of alkyl halides is 2. The number of aliphatic hydroxyl groups is 2. The quantitative estimate of drug-likeness (QED) is 0.721. The van der Waals surface area contributed by atoms with Crippen LogP contribution in [0.3, 0.4) is 0 Å². The predicted octanol–water partition coefficient (Wildman–Crippen LogP) is 1.95. The van der Waals surface area contributed by atoms with Crippen molar-refractivity contribution in [3.63, 3.8) is 0 Å². The normalized spacial score (nSPS) is 13.9. The number of benzene rings is 1. The molecule has 0 spiro atoms. The van der Waals surface area contributed by atoms with Crippen LogP contribution in [0.5, 0.6) is 11.5 Å². The molecule has 0 unspecified atom stereocenters. The number of ether oxygens (including phenoxy) is 2. The maximum atomic E-state index is 9.40. The Kier molecular flexibility index (Phi) is 7.31. The molecule has 0 fully saturated rings. The zero-order valence-corrected chi connectivity index (χ0v) is 12.2. The molecule has 0 heterocycles. The molecule has 2 N–H and O–H groups in total. The number of para-hydroxylation sites is 1. The molecule has 1 aromatic rings. The standard InChI is InChI=1S/C13H18Cl2O4/c1-9-3-2-4-12(18-7-10(16)5-14)13(9)19-8-11(17)6-15/h2-4,10-11,16-17H,5-8H2,1H3/t10-,11+/m0/s1. The monoisotopic (exact) mass is 308 g/mol. The third-order valence-corrected chi connectivity index (χ3v) is 3.10. The van der Waals surface area contributed by atoms with Crippen LogP contribution in [-0.2, 0) is 0 Å². The van der Waals surface area contributed by atoms with E-state index in [9.17, 15) is 10.2 Å². The summed E-state index contributed by atoms with van der Waals surface area (Å²) >= 11 is 11.0. The Labute approximate surface area is 122 Å². The minimum Gasteiger partial charge on any atom is -0.487 e. The van der Waals surface area contributed by atoms with Gasteiger partial charge >= 0.3 is 0 Å².